The number of hydrogen-bond donors (Lipinski definition) is 0. The molecule has 3 amide bonds. The maximum absolute atomic E-state index is 13.6. The molecule has 0 bridgehead atoms. The molecule has 0 N–H and O–H groups in total. The molecule has 11 heteroatoms. The van der Waals surface area contributed by atoms with E-state index >= 15 is 0 Å². The largest absolute Gasteiger partial charge is 0.423 e. The number of nitrogens with zero attached hydrogens (tertiary/aromatic N) is 2. The minimum Gasteiger partial charge on any atom is -0.423 e. The van der Waals surface area contributed by atoms with Gasteiger partial charge < -0.3 is 4.74 Å². The SMILES string of the molecule is CC1=CC[C@H]2C(=O)N(N(CC(=O)c3ccc(OC(=O)c4ccc(Cl)cc4Cl)cc3)C(=O)c3ccc(Cl)cc3)C(=O)[C@H]2C1. The van der Waals surface area contributed by atoms with Crippen molar-refractivity contribution in [1.82, 2.24) is 10.0 Å². The van der Waals surface area contributed by atoms with E-state index in [-0.39, 0.29) is 27.5 Å². The van der Waals surface area contributed by atoms with Crippen molar-refractivity contribution in [3.8, 4) is 5.75 Å². The number of rotatable bonds is 7. The molecule has 2 atom stereocenters. The standard InChI is InChI=1S/C31H23Cl3N2O6/c1-17-2-12-23-25(14-17)30(40)36(29(23)39)35(28(38)19-3-7-20(32)8-4-19)16-27(37)18-5-10-22(11-6-18)42-31(41)24-13-9-21(33)15-26(24)34/h2-11,13,15,23,25H,12,14,16H2,1H3/t23-,25+/m1/s1. The number of Topliss-reactive ketones (excluding diaryl/α,β-unsaturated/α-hetero) is 1. The fraction of sp³-hybridized carbons (Fsp3) is 0.194. The quantitative estimate of drug-likeness (QED) is 0.0984. The second kappa shape index (κ2) is 12.1. The van der Waals surface area contributed by atoms with Gasteiger partial charge in [0.2, 0.25) is 0 Å². The summed E-state index contributed by atoms with van der Waals surface area (Å²) in [5.74, 6) is -4.04. The Hall–Kier alpha value is -3.98. The number of hydrogen-bond acceptors (Lipinski definition) is 6. The lowest BCUT2D eigenvalue weighted by Crippen LogP contribution is -2.52. The summed E-state index contributed by atoms with van der Waals surface area (Å²) in [5, 5.41) is 2.62. The summed E-state index contributed by atoms with van der Waals surface area (Å²) in [6.07, 6.45) is 2.71. The molecule has 2 aliphatic rings. The topological polar surface area (TPSA) is 101 Å². The Morgan fingerprint density at radius 1 is 0.857 bits per heavy atom. The van der Waals surface area contributed by atoms with E-state index in [1.54, 1.807) is 0 Å². The molecule has 0 aromatic heterocycles. The molecule has 1 fully saturated rings. The molecule has 3 aromatic carbocycles. The molecule has 8 nitrogen and oxygen atoms in total. The van der Waals surface area contributed by atoms with Gasteiger partial charge in [-0.3, -0.25) is 19.2 Å². The molecule has 1 aliphatic carbocycles. The summed E-state index contributed by atoms with van der Waals surface area (Å²) < 4.78 is 5.36. The van der Waals surface area contributed by atoms with E-state index in [1.165, 1.54) is 66.7 Å². The zero-order valence-electron chi connectivity index (χ0n) is 22.2. The van der Waals surface area contributed by atoms with Gasteiger partial charge in [0.15, 0.2) is 5.78 Å². The number of esters is 1. The summed E-state index contributed by atoms with van der Waals surface area (Å²) in [7, 11) is 0. The predicted octanol–water partition coefficient (Wildman–Crippen LogP) is 6.45. The normalized spacial score (nSPS) is 17.9. The van der Waals surface area contributed by atoms with Crippen molar-refractivity contribution >= 4 is 64.3 Å². The fourth-order valence-electron chi connectivity index (χ4n) is 4.99. The van der Waals surface area contributed by atoms with Gasteiger partial charge in [-0.1, -0.05) is 46.5 Å². The maximum atomic E-state index is 13.6. The Kier molecular flexibility index (Phi) is 8.50. The zero-order chi connectivity index (χ0) is 30.1. The highest BCUT2D eigenvalue weighted by Gasteiger charge is 2.51. The summed E-state index contributed by atoms with van der Waals surface area (Å²) in [4.78, 5) is 66.4. The van der Waals surface area contributed by atoms with Gasteiger partial charge in [0.05, 0.1) is 22.4 Å². The van der Waals surface area contributed by atoms with Crippen LogP contribution in [0.4, 0.5) is 0 Å². The van der Waals surface area contributed by atoms with E-state index in [4.69, 9.17) is 39.5 Å². The lowest BCUT2D eigenvalue weighted by atomic mass is 9.82. The molecule has 0 saturated carbocycles. The molecule has 1 heterocycles. The van der Waals surface area contributed by atoms with Gasteiger partial charge in [0.25, 0.3) is 17.7 Å². The highest BCUT2D eigenvalue weighted by atomic mass is 35.5. The van der Waals surface area contributed by atoms with E-state index < -0.39 is 47.9 Å². The number of amides is 3. The highest BCUT2D eigenvalue weighted by Crippen LogP contribution is 2.38. The first-order valence-electron chi connectivity index (χ1n) is 12.9. The third-order valence-corrected chi connectivity index (χ3v) is 8.00. The molecule has 42 heavy (non-hydrogen) atoms. The van der Waals surface area contributed by atoms with Crippen LogP contribution in [-0.4, -0.2) is 46.0 Å². The second-order valence-corrected chi connectivity index (χ2v) is 11.3. The van der Waals surface area contributed by atoms with Gasteiger partial charge in [0.1, 0.15) is 12.3 Å². The molecule has 0 unspecified atom stereocenters. The molecule has 1 aliphatic heterocycles. The summed E-state index contributed by atoms with van der Waals surface area (Å²) in [6, 6.07) is 16.0. The third kappa shape index (κ3) is 5.97. The number of imide groups is 1. The average molecular weight is 626 g/mol. The van der Waals surface area contributed by atoms with Gasteiger partial charge in [-0.25, -0.2) is 9.80 Å². The molecular formula is C31H23Cl3N2O6. The summed E-state index contributed by atoms with van der Waals surface area (Å²) in [5.41, 5.74) is 1.43. The van der Waals surface area contributed by atoms with Crippen molar-refractivity contribution in [2.75, 3.05) is 6.54 Å². The number of hydrazine groups is 1. The van der Waals surface area contributed by atoms with Crippen LogP contribution in [0.25, 0.3) is 0 Å². The number of carbonyl (C=O) groups excluding carboxylic acids is 5. The summed E-state index contributed by atoms with van der Waals surface area (Å²) in [6.45, 7) is 1.31. The van der Waals surface area contributed by atoms with Gasteiger partial charge in [-0.2, -0.15) is 5.01 Å². The van der Waals surface area contributed by atoms with Crippen molar-refractivity contribution in [1.29, 1.82) is 0 Å². The van der Waals surface area contributed by atoms with Gasteiger partial charge in [-0.05, 0) is 86.5 Å². The Morgan fingerprint density at radius 3 is 2.14 bits per heavy atom. The highest BCUT2D eigenvalue weighted by molar-refractivity contribution is 6.36. The Morgan fingerprint density at radius 2 is 1.48 bits per heavy atom. The first-order chi connectivity index (χ1) is 20.0. The number of ketones is 1. The molecule has 5 rings (SSSR count). The first-order valence-corrected chi connectivity index (χ1v) is 14.1. The Labute approximate surface area is 256 Å². The molecule has 0 radical (unpaired) electrons. The number of ether oxygens (including phenoxy) is 1. The van der Waals surface area contributed by atoms with Crippen LogP contribution >= 0.6 is 34.8 Å². The monoisotopic (exact) mass is 624 g/mol. The van der Waals surface area contributed by atoms with Crippen LogP contribution in [0.3, 0.4) is 0 Å². The van der Waals surface area contributed by atoms with Crippen LogP contribution in [0.15, 0.2) is 78.4 Å². The summed E-state index contributed by atoms with van der Waals surface area (Å²) >= 11 is 17.9. The Balaban J connectivity index is 1.37. The third-order valence-electron chi connectivity index (χ3n) is 7.20. The van der Waals surface area contributed by atoms with Crippen LogP contribution in [0.2, 0.25) is 15.1 Å². The van der Waals surface area contributed by atoms with Crippen molar-refractivity contribution < 1.29 is 28.7 Å². The van der Waals surface area contributed by atoms with E-state index in [0.717, 1.165) is 15.6 Å². The zero-order valence-corrected chi connectivity index (χ0v) is 24.4. The van der Waals surface area contributed by atoms with Gasteiger partial charge >= 0.3 is 5.97 Å². The molecule has 3 aromatic rings. The van der Waals surface area contributed by atoms with E-state index in [2.05, 4.69) is 0 Å². The van der Waals surface area contributed by atoms with Crippen molar-refractivity contribution in [2.45, 2.75) is 19.8 Å². The van der Waals surface area contributed by atoms with Crippen molar-refractivity contribution in [3.05, 3.63) is 110 Å². The number of carbonyl (C=O) groups is 5. The lowest BCUT2D eigenvalue weighted by Gasteiger charge is -2.30. The fourth-order valence-corrected chi connectivity index (χ4v) is 5.60. The molecule has 1 saturated heterocycles. The predicted molar refractivity (Wildman–Crippen MR) is 157 cm³/mol. The average Bonchev–Trinajstić information content (AvgIpc) is 3.20. The van der Waals surface area contributed by atoms with Gasteiger partial charge in [-0.15, -0.1) is 0 Å². The minimum absolute atomic E-state index is 0.114. The Bertz CT molecular complexity index is 1640. The van der Waals surface area contributed by atoms with Crippen LogP contribution < -0.4 is 4.74 Å². The van der Waals surface area contributed by atoms with E-state index in [0.29, 0.717) is 22.9 Å². The number of fused-ring (bicyclic) bond motifs is 1. The lowest BCUT2D eigenvalue weighted by molar-refractivity contribution is -0.154. The van der Waals surface area contributed by atoms with Gasteiger partial charge in [0, 0.05) is 21.2 Å². The number of benzene rings is 3. The minimum atomic E-state index is -0.715. The first kappa shape index (κ1) is 29.5. The van der Waals surface area contributed by atoms with E-state index in [9.17, 15) is 24.0 Å². The van der Waals surface area contributed by atoms with Crippen molar-refractivity contribution in [2.24, 2.45) is 11.8 Å². The van der Waals surface area contributed by atoms with Crippen LogP contribution in [-0.2, 0) is 9.59 Å². The smallest absolute Gasteiger partial charge is 0.345 e. The number of halogens is 3. The second-order valence-electron chi connectivity index (χ2n) is 10.0. The van der Waals surface area contributed by atoms with Crippen LogP contribution in [0, 0.1) is 11.8 Å². The van der Waals surface area contributed by atoms with Crippen LogP contribution in [0.1, 0.15) is 50.8 Å². The molecule has 0 spiro atoms. The maximum Gasteiger partial charge on any atom is 0.345 e. The van der Waals surface area contributed by atoms with E-state index in [1.807, 2.05) is 13.0 Å². The van der Waals surface area contributed by atoms with Crippen LogP contribution in [0.5, 0.6) is 5.75 Å². The molecular weight excluding hydrogens is 603 g/mol. The number of allylic oxidation sites excluding steroid dienone is 2. The molecule has 214 valence electrons. The van der Waals surface area contributed by atoms with Crippen molar-refractivity contribution in [3.63, 3.8) is 0 Å².